The number of para-hydroxylation sites is 1. The Morgan fingerprint density at radius 3 is 1.91 bits per heavy atom. The molecule has 5 nitrogen and oxygen atoms in total. The lowest BCUT2D eigenvalue weighted by Gasteiger charge is -2.24. The number of rotatable bonds is 4. The predicted octanol–water partition coefficient (Wildman–Crippen LogP) is 6.25. The van der Waals surface area contributed by atoms with Crippen LogP contribution in [0.3, 0.4) is 0 Å². The molecule has 6 heteroatoms. The zero-order chi connectivity index (χ0) is 23.8. The first-order chi connectivity index (χ1) is 17.2. The minimum atomic E-state index is -0.0470. The molecule has 1 heterocycles. The van der Waals surface area contributed by atoms with Crippen LogP contribution in [0.25, 0.3) is 43.6 Å². The third-order valence-corrected chi connectivity index (χ3v) is 6.41. The van der Waals surface area contributed by atoms with E-state index in [1.807, 2.05) is 66.7 Å². The lowest BCUT2D eigenvalue weighted by atomic mass is 9.99. The molecule has 0 aliphatic rings. The summed E-state index contributed by atoms with van der Waals surface area (Å²) in [6.45, 7) is 0.286. The Bertz CT molecular complexity index is 1720. The van der Waals surface area contributed by atoms with E-state index in [1.165, 1.54) is 5.39 Å². The molecule has 35 heavy (non-hydrogen) atoms. The molecule has 0 saturated heterocycles. The number of thiocarbonyl (C=S) groups is 1. The first-order valence-electron chi connectivity index (χ1n) is 11.4. The summed E-state index contributed by atoms with van der Waals surface area (Å²) in [5.74, 6) is 0.570. The molecule has 0 radical (unpaired) electrons. The Hall–Kier alpha value is -4.13. The highest BCUT2D eigenvalue weighted by Crippen LogP contribution is 2.34. The smallest absolute Gasteiger partial charge is 0.269 e. The number of nitrogens with zero attached hydrogens (tertiary/aromatic N) is 3. The molecule has 0 fully saturated rings. The van der Waals surface area contributed by atoms with Crippen molar-refractivity contribution in [1.29, 1.82) is 0 Å². The molecule has 0 atom stereocenters. The summed E-state index contributed by atoms with van der Waals surface area (Å²) >= 11 is 5.58. The van der Waals surface area contributed by atoms with E-state index >= 15 is 0 Å². The Labute approximate surface area is 207 Å². The Balaban J connectivity index is 1.45. The van der Waals surface area contributed by atoms with Crippen molar-refractivity contribution in [2.75, 3.05) is 18.1 Å². The maximum atomic E-state index is 9.54. The third-order valence-electron chi connectivity index (χ3n) is 6.11. The van der Waals surface area contributed by atoms with Gasteiger partial charge in [0.25, 0.3) is 5.17 Å². The van der Waals surface area contributed by atoms with Gasteiger partial charge < -0.3 is 14.7 Å². The van der Waals surface area contributed by atoms with Gasteiger partial charge in [0.05, 0.1) is 35.2 Å². The number of ether oxygens (including phenoxy) is 1. The van der Waals surface area contributed by atoms with Gasteiger partial charge in [0, 0.05) is 22.5 Å². The maximum Gasteiger partial charge on any atom is 0.269 e. The maximum absolute atomic E-state index is 9.54. The molecule has 0 spiro atoms. The van der Waals surface area contributed by atoms with Gasteiger partial charge in [-0.05, 0) is 47.3 Å². The summed E-state index contributed by atoms with van der Waals surface area (Å²) in [5.41, 5.74) is 4.11. The molecular formula is C29H21N3O2S. The molecule has 5 aromatic carbocycles. The molecule has 0 aliphatic heterocycles. The lowest BCUT2D eigenvalue weighted by molar-refractivity contribution is 0.305. The number of hydrogen-bond donors (Lipinski definition) is 1. The van der Waals surface area contributed by atoms with E-state index in [0.29, 0.717) is 12.3 Å². The zero-order valence-corrected chi connectivity index (χ0v) is 19.6. The van der Waals surface area contributed by atoms with Crippen molar-refractivity contribution in [2.24, 2.45) is 0 Å². The molecule has 1 aromatic heterocycles. The van der Waals surface area contributed by atoms with E-state index < -0.39 is 0 Å². The number of aliphatic hydroxyl groups is 1. The van der Waals surface area contributed by atoms with Gasteiger partial charge in [0.1, 0.15) is 5.75 Å². The normalized spacial score (nSPS) is 11.3. The second-order valence-corrected chi connectivity index (χ2v) is 8.59. The number of anilines is 1. The van der Waals surface area contributed by atoms with Gasteiger partial charge in [-0.1, -0.05) is 66.7 Å². The van der Waals surface area contributed by atoms with E-state index in [9.17, 15) is 5.11 Å². The van der Waals surface area contributed by atoms with Crippen LogP contribution in [0.15, 0.2) is 97.1 Å². The molecule has 0 aliphatic carbocycles. The van der Waals surface area contributed by atoms with Crippen LogP contribution >= 0.6 is 12.2 Å². The van der Waals surface area contributed by atoms with Crippen LogP contribution in [0.1, 0.15) is 0 Å². The second-order valence-electron chi connectivity index (χ2n) is 8.24. The minimum absolute atomic E-state index is 0.0470. The van der Waals surface area contributed by atoms with Crippen molar-refractivity contribution >= 4 is 66.7 Å². The zero-order valence-electron chi connectivity index (χ0n) is 18.8. The van der Waals surface area contributed by atoms with E-state index in [4.69, 9.17) is 26.9 Å². The number of fused-ring (bicyclic) bond motifs is 7. The van der Waals surface area contributed by atoms with Gasteiger partial charge in [0.15, 0.2) is 0 Å². The van der Waals surface area contributed by atoms with E-state index in [0.717, 1.165) is 43.9 Å². The fourth-order valence-electron chi connectivity index (χ4n) is 4.51. The molecule has 6 aromatic rings. The molecule has 0 bridgehead atoms. The van der Waals surface area contributed by atoms with Crippen LogP contribution in [0, 0.1) is 0 Å². The summed E-state index contributed by atoms with van der Waals surface area (Å²) in [6, 6.07) is 31.9. The molecule has 1 N–H and O–H groups in total. The average Bonchev–Trinajstić information content (AvgIpc) is 2.91. The van der Waals surface area contributed by atoms with Gasteiger partial charge in [-0.3, -0.25) is 0 Å². The van der Waals surface area contributed by atoms with Crippen LogP contribution in [0.2, 0.25) is 0 Å². The topological polar surface area (TPSA) is 58.5 Å². The third kappa shape index (κ3) is 3.83. The standard InChI is InChI=1S/C29H21N3O2S/c33-17-16-32(19-8-2-1-3-9-19)29(35)34-20-14-15-25-26(18-20)31-28-24-13-7-5-11-22(24)21-10-4-6-12-23(21)27(28)30-25/h1-15,18,33H,16-17H2. The number of aromatic nitrogens is 2. The van der Waals surface area contributed by atoms with Crippen molar-refractivity contribution in [3.8, 4) is 5.75 Å². The first-order valence-corrected chi connectivity index (χ1v) is 11.8. The molecule has 6 rings (SSSR count). The summed E-state index contributed by atoms with van der Waals surface area (Å²) in [4.78, 5) is 11.8. The summed E-state index contributed by atoms with van der Waals surface area (Å²) < 4.78 is 6.04. The Kier molecular flexibility index (Phi) is 5.45. The van der Waals surface area contributed by atoms with Crippen molar-refractivity contribution in [1.82, 2.24) is 9.97 Å². The van der Waals surface area contributed by atoms with E-state index in [-0.39, 0.29) is 11.8 Å². The van der Waals surface area contributed by atoms with Gasteiger partial charge in [-0.25, -0.2) is 9.97 Å². The van der Waals surface area contributed by atoms with Crippen LogP contribution < -0.4 is 9.64 Å². The molecule has 0 saturated carbocycles. The highest BCUT2D eigenvalue weighted by Gasteiger charge is 2.15. The predicted molar refractivity (Wildman–Crippen MR) is 146 cm³/mol. The Morgan fingerprint density at radius 1 is 0.714 bits per heavy atom. The van der Waals surface area contributed by atoms with Gasteiger partial charge in [0.2, 0.25) is 0 Å². The van der Waals surface area contributed by atoms with Crippen LogP contribution in [-0.2, 0) is 0 Å². The quantitative estimate of drug-likeness (QED) is 0.185. The van der Waals surface area contributed by atoms with Gasteiger partial charge in [-0.2, -0.15) is 0 Å². The number of hydrogen-bond acceptors (Lipinski definition) is 5. The second kappa shape index (κ2) is 8.91. The van der Waals surface area contributed by atoms with Crippen LogP contribution in [0.4, 0.5) is 5.69 Å². The highest BCUT2D eigenvalue weighted by atomic mass is 32.1. The Morgan fingerprint density at radius 2 is 1.29 bits per heavy atom. The fourth-order valence-corrected chi connectivity index (χ4v) is 4.80. The van der Waals surface area contributed by atoms with Gasteiger partial charge in [-0.15, -0.1) is 0 Å². The van der Waals surface area contributed by atoms with E-state index in [2.05, 4.69) is 30.3 Å². The monoisotopic (exact) mass is 475 g/mol. The largest absolute Gasteiger partial charge is 0.431 e. The van der Waals surface area contributed by atoms with Gasteiger partial charge >= 0.3 is 0 Å². The van der Waals surface area contributed by atoms with Crippen molar-refractivity contribution in [2.45, 2.75) is 0 Å². The number of aliphatic hydroxyl groups excluding tert-OH is 1. The highest BCUT2D eigenvalue weighted by molar-refractivity contribution is 7.80. The summed E-state index contributed by atoms with van der Waals surface area (Å²) in [6.07, 6.45) is 0. The van der Waals surface area contributed by atoms with Crippen molar-refractivity contribution in [3.05, 3.63) is 97.1 Å². The summed E-state index contributed by atoms with van der Waals surface area (Å²) in [7, 11) is 0. The first kappa shape index (κ1) is 21.4. The minimum Gasteiger partial charge on any atom is -0.431 e. The SMILES string of the molecule is OCCN(C(=S)Oc1ccc2nc3c4ccccc4c4ccccc4c3nc2c1)c1ccccc1. The number of benzene rings is 5. The molecule has 0 amide bonds. The molecular weight excluding hydrogens is 454 g/mol. The summed E-state index contributed by atoms with van der Waals surface area (Å²) in [5, 5.41) is 14.3. The molecule has 0 unspecified atom stereocenters. The van der Waals surface area contributed by atoms with Crippen LogP contribution in [-0.4, -0.2) is 33.4 Å². The van der Waals surface area contributed by atoms with E-state index in [1.54, 1.807) is 4.90 Å². The van der Waals surface area contributed by atoms with Crippen molar-refractivity contribution in [3.63, 3.8) is 0 Å². The average molecular weight is 476 g/mol. The fraction of sp³-hybridized carbons (Fsp3) is 0.0690. The molecule has 170 valence electrons. The van der Waals surface area contributed by atoms with Crippen LogP contribution in [0.5, 0.6) is 5.75 Å². The lowest BCUT2D eigenvalue weighted by Crippen LogP contribution is -2.35. The van der Waals surface area contributed by atoms with Crippen molar-refractivity contribution < 1.29 is 9.84 Å².